The lowest BCUT2D eigenvalue weighted by atomic mass is 10.1. The molecule has 0 bridgehead atoms. The van der Waals surface area contributed by atoms with Gasteiger partial charge >= 0.3 is 0 Å². The highest BCUT2D eigenvalue weighted by molar-refractivity contribution is 8.00. The molecule has 0 saturated carbocycles. The monoisotopic (exact) mass is 324 g/mol. The second-order valence-electron chi connectivity index (χ2n) is 4.44. The number of sulfone groups is 1. The maximum Gasteiger partial charge on any atom is 0.175 e. The van der Waals surface area contributed by atoms with E-state index in [4.69, 9.17) is 0 Å². The molecule has 0 radical (unpaired) electrons. The summed E-state index contributed by atoms with van der Waals surface area (Å²) in [5, 5.41) is 0. The Morgan fingerprint density at radius 3 is 2.29 bits per heavy atom. The number of carbonyl (C=O) groups is 1. The van der Waals surface area contributed by atoms with Crippen molar-refractivity contribution >= 4 is 27.4 Å². The molecule has 0 unspecified atom stereocenters. The number of hydrogen-bond donors (Lipinski definition) is 0. The molecule has 0 aliphatic carbocycles. The fraction of sp³-hybridized carbons (Fsp3) is 0.133. The molecule has 0 saturated heterocycles. The minimum Gasteiger partial charge on any atom is -0.293 e. The van der Waals surface area contributed by atoms with E-state index in [1.54, 1.807) is 18.2 Å². The van der Waals surface area contributed by atoms with Crippen molar-refractivity contribution in [3.8, 4) is 0 Å². The van der Waals surface area contributed by atoms with E-state index in [1.807, 2.05) is 0 Å². The number of thioether (sulfide) groups is 1. The number of Topliss-reactive ketones (excluding diaryl/α,β-unsaturated/α-hetero) is 1. The van der Waals surface area contributed by atoms with Crippen LogP contribution in [0.3, 0.4) is 0 Å². The first-order valence-corrected chi connectivity index (χ1v) is 8.96. The van der Waals surface area contributed by atoms with Crippen molar-refractivity contribution in [3.05, 3.63) is 59.9 Å². The molecule has 2 rings (SSSR count). The van der Waals surface area contributed by atoms with Gasteiger partial charge in [-0.3, -0.25) is 4.79 Å². The summed E-state index contributed by atoms with van der Waals surface area (Å²) in [7, 11) is -3.27. The normalized spacial score (nSPS) is 11.3. The molecular weight excluding hydrogens is 311 g/mol. The van der Waals surface area contributed by atoms with Gasteiger partial charge in [0.25, 0.3) is 0 Å². The van der Waals surface area contributed by atoms with Gasteiger partial charge in [-0.05, 0) is 24.3 Å². The van der Waals surface area contributed by atoms with Crippen molar-refractivity contribution in [1.29, 1.82) is 0 Å². The second-order valence-corrected chi connectivity index (χ2v) is 7.47. The van der Waals surface area contributed by atoms with Crippen LogP contribution in [0.4, 0.5) is 4.39 Å². The highest BCUT2D eigenvalue weighted by Crippen LogP contribution is 2.22. The second kappa shape index (κ2) is 6.41. The first-order valence-electron chi connectivity index (χ1n) is 6.08. The van der Waals surface area contributed by atoms with Crippen LogP contribution >= 0.6 is 11.8 Å². The number of benzene rings is 2. The van der Waals surface area contributed by atoms with E-state index in [0.29, 0.717) is 10.5 Å². The molecule has 110 valence electrons. The van der Waals surface area contributed by atoms with Gasteiger partial charge in [-0.2, -0.15) is 0 Å². The van der Waals surface area contributed by atoms with Crippen LogP contribution in [0.25, 0.3) is 0 Å². The van der Waals surface area contributed by atoms with Crippen molar-refractivity contribution in [3.63, 3.8) is 0 Å². The number of rotatable bonds is 5. The van der Waals surface area contributed by atoms with Crippen LogP contribution in [-0.2, 0) is 9.84 Å². The molecule has 0 amide bonds. The van der Waals surface area contributed by atoms with Crippen LogP contribution in [0.2, 0.25) is 0 Å². The van der Waals surface area contributed by atoms with Crippen LogP contribution in [-0.4, -0.2) is 26.2 Å². The zero-order valence-corrected chi connectivity index (χ0v) is 12.9. The molecular formula is C15H13FO3S2. The summed E-state index contributed by atoms with van der Waals surface area (Å²) in [6, 6.07) is 12.0. The van der Waals surface area contributed by atoms with Gasteiger partial charge in [-0.25, -0.2) is 12.8 Å². The number of hydrogen-bond acceptors (Lipinski definition) is 4. The molecule has 0 aromatic heterocycles. The van der Waals surface area contributed by atoms with Gasteiger partial charge in [0, 0.05) is 16.7 Å². The topological polar surface area (TPSA) is 51.2 Å². The Bertz CT molecular complexity index is 753. The Morgan fingerprint density at radius 2 is 1.71 bits per heavy atom. The third-order valence-corrected chi connectivity index (χ3v) is 4.98. The van der Waals surface area contributed by atoms with Crippen LogP contribution in [0.1, 0.15) is 10.4 Å². The molecule has 0 aliphatic rings. The van der Waals surface area contributed by atoms with Gasteiger partial charge in [0.05, 0.1) is 10.6 Å². The summed E-state index contributed by atoms with van der Waals surface area (Å²) < 4.78 is 36.1. The molecule has 0 aliphatic heterocycles. The maximum absolute atomic E-state index is 13.4. The number of halogens is 1. The van der Waals surface area contributed by atoms with Crippen LogP contribution in [0.15, 0.2) is 58.3 Å². The highest BCUT2D eigenvalue weighted by atomic mass is 32.2. The maximum atomic E-state index is 13.4. The van der Waals surface area contributed by atoms with Crippen LogP contribution in [0, 0.1) is 5.82 Å². The smallest absolute Gasteiger partial charge is 0.175 e. The molecule has 0 atom stereocenters. The van der Waals surface area contributed by atoms with E-state index in [2.05, 4.69) is 0 Å². The van der Waals surface area contributed by atoms with Gasteiger partial charge in [-0.1, -0.05) is 24.3 Å². The zero-order valence-electron chi connectivity index (χ0n) is 11.2. The van der Waals surface area contributed by atoms with E-state index < -0.39 is 9.84 Å². The largest absolute Gasteiger partial charge is 0.293 e. The molecule has 6 heteroatoms. The molecule has 3 nitrogen and oxygen atoms in total. The molecule has 21 heavy (non-hydrogen) atoms. The van der Waals surface area contributed by atoms with Gasteiger partial charge in [-0.15, -0.1) is 11.8 Å². The summed E-state index contributed by atoms with van der Waals surface area (Å²) in [6.07, 6.45) is 1.11. The van der Waals surface area contributed by atoms with E-state index >= 15 is 0 Å². The standard InChI is InChI=1S/C15H13FO3S2/c1-21(18,19)12-8-6-11(7-9-12)14(17)10-20-15-5-3-2-4-13(15)16/h2-9H,10H2,1H3. The molecule has 2 aromatic rings. The number of ketones is 1. The lowest BCUT2D eigenvalue weighted by molar-refractivity contribution is 0.102. The highest BCUT2D eigenvalue weighted by Gasteiger charge is 2.11. The van der Waals surface area contributed by atoms with Crippen LogP contribution in [0.5, 0.6) is 0 Å². The minimum atomic E-state index is -3.27. The fourth-order valence-corrected chi connectivity index (χ4v) is 3.14. The SMILES string of the molecule is CS(=O)(=O)c1ccc(C(=O)CSc2ccccc2F)cc1. The molecule has 0 fully saturated rings. The fourth-order valence-electron chi connectivity index (χ4n) is 1.68. The summed E-state index contributed by atoms with van der Waals surface area (Å²) in [4.78, 5) is 12.6. The molecule has 2 aromatic carbocycles. The van der Waals surface area contributed by atoms with Crippen molar-refractivity contribution in [1.82, 2.24) is 0 Å². The van der Waals surface area contributed by atoms with Crippen LogP contribution < -0.4 is 0 Å². The molecule has 0 heterocycles. The Kier molecular flexibility index (Phi) is 4.80. The van der Waals surface area contributed by atoms with Gasteiger partial charge < -0.3 is 0 Å². The Hall–Kier alpha value is -1.66. The van der Waals surface area contributed by atoms with E-state index in [-0.39, 0.29) is 22.2 Å². The predicted molar refractivity (Wildman–Crippen MR) is 81.0 cm³/mol. The van der Waals surface area contributed by atoms with E-state index in [0.717, 1.165) is 18.0 Å². The lowest BCUT2D eigenvalue weighted by Crippen LogP contribution is -2.04. The van der Waals surface area contributed by atoms with Crippen molar-refractivity contribution in [2.75, 3.05) is 12.0 Å². The summed E-state index contributed by atoms with van der Waals surface area (Å²) in [5.74, 6) is -0.440. The lowest BCUT2D eigenvalue weighted by Gasteiger charge is -2.04. The molecule has 0 N–H and O–H groups in total. The third kappa shape index (κ3) is 4.15. The van der Waals surface area contributed by atoms with E-state index in [1.165, 1.54) is 30.3 Å². The zero-order chi connectivity index (χ0) is 15.5. The number of carbonyl (C=O) groups excluding carboxylic acids is 1. The Balaban J connectivity index is 2.06. The quantitative estimate of drug-likeness (QED) is 0.626. The predicted octanol–water partition coefficient (Wildman–Crippen LogP) is 3.20. The first-order chi connectivity index (χ1) is 9.88. The third-order valence-electron chi connectivity index (χ3n) is 2.80. The molecule has 0 spiro atoms. The average molecular weight is 324 g/mol. The van der Waals surface area contributed by atoms with Gasteiger partial charge in [0.15, 0.2) is 15.6 Å². The van der Waals surface area contributed by atoms with Crippen molar-refractivity contribution in [2.45, 2.75) is 9.79 Å². The van der Waals surface area contributed by atoms with Crippen molar-refractivity contribution in [2.24, 2.45) is 0 Å². The summed E-state index contributed by atoms with van der Waals surface area (Å²) in [6.45, 7) is 0. The summed E-state index contributed by atoms with van der Waals surface area (Å²) in [5.41, 5.74) is 0.409. The Morgan fingerprint density at radius 1 is 1.10 bits per heavy atom. The van der Waals surface area contributed by atoms with Crippen molar-refractivity contribution < 1.29 is 17.6 Å². The minimum absolute atomic E-state index is 0.0964. The Labute approximate surface area is 127 Å². The first kappa shape index (κ1) is 15.7. The average Bonchev–Trinajstić information content (AvgIpc) is 2.45. The van der Waals surface area contributed by atoms with Gasteiger partial charge in [0.1, 0.15) is 5.82 Å². The van der Waals surface area contributed by atoms with Gasteiger partial charge in [0.2, 0.25) is 0 Å². The summed E-state index contributed by atoms with van der Waals surface area (Å²) >= 11 is 1.12. The van der Waals surface area contributed by atoms with E-state index in [9.17, 15) is 17.6 Å².